The van der Waals surface area contributed by atoms with Crippen molar-refractivity contribution >= 4 is 47.2 Å². The molecule has 0 aliphatic heterocycles. The van der Waals surface area contributed by atoms with Crippen molar-refractivity contribution in [1.29, 1.82) is 0 Å². The number of halogens is 5. The number of alkyl halides is 3. The van der Waals surface area contributed by atoms with Crippen molar-refractivity contribution in [3.8, 4) is 11.6 Å². The standard InChI is InChI=1S/C15H14ClF3N4O2.HI/c16-10-4-3-7-21-13(10)24-9-8-22-14(20)23-11-5-1-2-6-12(11)25-15(17,18)19;/h1-7H,8-9H2,(H3,20,22,23);1H. The van der Waals surface area contributed by atoms with Crippen LogP contribution in [0.5, 0.6) is 11.6 Å². The number of aliphatic imine (C=N–C) groups is 1. The lowest BCUT2D eigenvalue weighted by Crippen LogP contribution is -2.25. The molecule has 6 nitrogen and oxygen atoms in total. The van der Waals surface area contributed by atoms with Crippen LogP contribution in [0.2, 0.25) is 5.02 Å². The summed E-state index contributed by atoms with van der Waals surface area (Å²) in [5.41, 5.74) is 5.69. The van der Waals surface area contributed by atoms with Gasteiger partial charge in [-0.15, -0.1) is 37.1 Å². The molecule has 1 heterocycles. The van der Waals surface area contributed by atoms with Gasteiger partial charge < -0.3 is 20.5 Å². The summed E-state index contributed by atoms with van der Waals surface area (Å²) in [6, 6.07) is 8.77. The lowest BCUT2D eigenvalue weighted by Gasteiger charge is -2.14. The molecule has 0 bridgehead atoms. The van der Waals surface area contributed by atoms with Gasteiger partial charge >= 0.3 is 6.36 Å². The summed E-state index contributed by atoms with van der Waals surface area (Å²) in [4.78, 5) is 7.89. The van der Waals surface area contributed by atoms with Gasteiger partial charge in [0, 0.05) is 6.20 Å². The van der Waals surface area contributed by atoms with Gasteiger partial charge in [0.2, 0.25) is 5.88 Å². The van der Waals surface area contributed by atoms with Crippen LogP contribution in [0.25, 0.3) is 0 Å². The van der Waals surface area contributed by atoms with Crippen molar-refractivity contribution in [2.75, 3.05) is 18.5 Å². The SMILES string of the molecule is I.NC(=NCCOc1ncccc1Cl)Nc1ccccc1OC(F)(F)F. The van der Waals surface area contributed by atoms with Gasteiger partial charge in [-0.2, -0.15) is 0 Å². The van der Waals surface area contributed by atoms with Crippen LogP contribution in [0.1, 0.15) is 0 Å². The fourth-order valence-corrected chi connectivity index (χ4v) is 1.92. The zero-order valence-corrected chi connectivity index (χ0v) is 16.3. The summed E-state index contributed by atoms with van der Waals surface area (Å²) in [5.74, 6) is -0.242. The molecule has 0 atom stereocenters. The molecule has 2 aromatic rings. The lowest BCUT2D eigenvalue weighted by atomic mass is 10.3. The number of pyridine rings is 1. The third kappa shape index (κ3) is 7.52. The van der Waals surface area contributed by atoms with Crippen LogP contribution in [0.3, 0.4) is 0 Å². The molecule has 0 radical (unpaired) electrons. The highest BCUT2D eigenvalue weighted by Crippen LogP contribution is 2.29. The van der Waals surface area contributed by atoms with E-state index in [0.717, 1.165) is 6.07 Å². The van der Waals surface area contributed by atoms with Gasteiger partial charge in [-0.05, 0) is 24.3 Å². The van der Waals surface area contributed by atoms with Crippen molar-refractivity contribution in [2.24, 2.45) is 10.7 Å². The Morgan fingerprint density at radius 2 is 1.96 bits per heavy atom. The Balaban J connectivity index is 0.00000338. The summed E-state index contributed by atoms with van der Waals surface area (Å²) in [6.45, 7) is 0.286. The normalized spacial score (nSPS) is 11.5. The molecule has 0 amide bonds. The molecule has 3 N–H and O–H groups in total. The molecule has 0 unspecified atom stereocenters. The van der Waals surface area contributed by atoms with Crippen LogP contribution in [-0.2, 0) is 0 Å². The third-order valence-electron chi connectivity index (χ3n) is 2.71. The second kappa shape index (κ2) is 10.3. The van der Waals surface area contributed by atoms with Gasteiger partial charge in [-0.1, -0.05) is 23.7 Å². The van der Waals surface area contributed by atoms with Gasteiger partial charge in [-0.25, -0.2) is 9.98 Å². The first-order chi connectivity index (χ1) is 11.8. The molecule has 0 fully saturated rings. The highest BCUT2D eigenvalue weighted by atomic mass is 127. The summed E-state index contributed by atoms with van der Waals surface area (Å²) < 4.78 is 46.3. The number of nitrogens with zero attached hydrogens (tertiary/aromatic N) is 2. The number of nitrogens with one attached hydrogen (secondary N) is 1. The second-order valence-electron chi connectivity index (χ2n) is 4.57. The summed E-state index contributed by atoms with van der Waals surface area (Å²) >= 11 is 5.88. The minimum absolute atomic E-state index is 0. The van der Waals surface area contributed by atoms with E-state index in [0.29, 0.717) is 5.02 Å². The van der Waals surface area contributed by atoms with Gasteiger partial charge in [0.1, 0.15) is 11.6 Å². The van der Waals surface area contributed by atoms with Crippen LogP contribution in [0, 0.1) is 0 Å². The van der Waals surface area contributed by atoms with Crippen molar-refractivity contribution in [3.05, 3.63) is 47.6 Å². The third-order valence-corrected chi connectivity index (χ3v) is 3.00. The number of benzene rings is 1. The molecular weight excluding hydrogens is 488 g/mol. The Bertz CT molecular complexity index is 747. The molecule has 1 aromatic carbocycles. The zero-order chi connectivity index (χ0) is 18.3. The predicted octanol–water partition coefficient (Wildman–Crippen LogP) is 4.06. The summed E-state index contributed by atoms with van der Waals surface area (Å²) in [7, 11) is 0. The summed E-state index contributed by atoms with van der Waals surface area (Å²) in [5, 5.41) is 2.91. The fourth-order valence-electron chi connectivity index (χ4n) is 1.75. The fraction of sp³-hybridized carbons (Fsp3) is 0.200. The number of ether oxygens (including phenoxy) is 2. The van der Waals surface area contributed by atoms with Crippen LogP contribution < -0.4 is 20.5 Å². The highest BCUT2D eigenvalue weighted by Gasteiger charge is 2.32. The first kappa shape index (κ1) is 22.1. The smallest absolute Gasteiger partial charge is 0.475 e. The van der Waals surface area contributed by atoms with Gasteiger partial charge in [-0.3, -0.25) is 0 Å². The molecule has 26 heavy (non-hydrogen) atoms. The number of hydrogen-bond donors (Lipinski definition) is 2. The number of rotatable bonds is 6. The molecule has 0 saturated heterocycles. The summed E-state index contributed by atoms with van der Waals surface area (Å²) in [6.07, 6.45) is -3.28. The van der Waals surface area contributed by atoms with E-state index in [-0.39, 0.29) is 54.7 Å². The van der Waals surface area contributed by atoms with Gasteiger partial charge in [0.05, 0.1) is 12.2 Å². The minimum atomic E-state index is -4.81. The van der Waals surface area contributed by atoms with E-state index >= 15 is 0 Å². The van der Waals surface area contributed by atoms with Crippen molar-refractivity contribution in [1.82, 2.24) is 4.98 Å². The maximum absolute atomic E-state index is 12.4. The molecular formula is C15H15ClF3IN4O2. The van der Waals surface area contributed by atoms with Crippen molar-refractivity contribution < 1.29 is 22.6 Å². The Kier molecular flexibility index (Phi) is 8.72. The van der Waals surface area contributed by atoms with Crippen LogP contribution in [0.15, 0.2) is 47.6 Å². The Morgan fingerprint density at radius 1 is 1.23 bits per heavy atom. The number of nitrogens with two attached hydrogens (primary N) is 1. The number of para-hydroxylation sites is 2. The molecule has 0 spiro atoms. The van der Waals surface area contributed by atoms with Crippen LogP contribution in [-0.4, -0.2) is 30.5 Å². The molecule has 1 aromatic heterocycles. The average molecular weight is 503 g/mol. The Morgan fingerprint density at radius 3 is 2.65 bits per heavy atom. The van der Waals surface area contributed by atoms with Crippen molar-refractivity contribution in [2.45, 2.75) is 6.36 Å². The van der Waals surface area contributed by atoms with E-state index in [4.69, 9.17) is 22.1 Å². The molecule has 0 aliphatic rings. The zero-order valence-electron chi connectivity index (χ0n) is 13.2. The van der Waals surface area contributed by atoms with Crippen molar-refractivity contribution in [3.63, 3.8) is 0 Å². The van der Waals surface area contributed by atoms with Crippen LogP contribution in [0.4, 0.5) is 18.9 Å². The first-order valence-corrected chi connectivity index (χ1v) is 7.38. The monoisotopic (exact) mass is 502 g/mol. The first-order valence-electron chi connectivity index (χ1n) is 7.00. The average Bonchev–Trinajstić information content (AvgIpc) is 2.54. The van der Waals surface area contributed by atoms with E-state index in [9.17, 15) is 13.2 Å². The lowest BCUT2D eigenvalue weighted by molar-refractivity contribution is -0.274. The van der Waals surface area contributed by atoms with E-state index < -0.39 is 12.1 Å². The van der Waals surface area contributed by atoms with E-state index in [1.165, 1.54) is 24.4 Å². The number of guanidine groups is 1. The molecule has 0 aliphatic carbocycles. The topological polar surface area (TPSA) is 81.8 Å². The number of hydrogen-bond acceptors (Lipinski definition) is 4. The largest absolute Gasteiger partial charge is 0.573 e. The Labute approximate surface area is 169 Å². The van der Waals surface area contributed by atoms with E-state index in [1.54, 1.807) is 12.1 Å². The molecule has 11 heteroatoms. The quantitative estimate of drug-likeness (QED) is 0.270. The maximum atomic E-state index is 12.4. The minimum Gasteiger partial charge on any atom is -0.475 e. The molecule has 0 saturated carbocycles. The number of anilines is 1. The van der Waals surface area contributed by atoms with Gasteiger partial charge in [0.25, 0.3) is 0 Å². The highest BCUT2D eigenvalue weighted by molar-refractivity contribution is 14.0. The van der Waals surface area contributed by atoms with E-state index in [2.05, 4.69) is 20.0 Å². The predicted molar refractivity (Wildman–Crippen MR) is 103 cm³/mol. The van der Waals surface area contributed by atoms with Gasteiger partial charge in [0.15, 0.2) is 11.7 Å². The maximum Gasteiger partial charge on any atom is 0.573 e. The Hall–Kier alpha value is -1.95. The molecule has 2 rings (SSSR count). The second-order valence-corrected chi connectivity index (χ2v) is 4.98. The van der Waals surface area contributed by atoms with Crippen LogP contribution >= 0.6 is 35.6 Å². The number of aromatic nitrogens is 1. The molecule has 142 valence electrons. The van der Waals surface area contributed by atoms with E-state index in [1.807, 2.05) is 0 Å².